The second kappa shape index (κ2) is 10.5. The van der Waals surface area contributed by atoms with E-state index in [1.165, 1.54) is 29.3 Å². The molecule has 4 amide bonds. The first kappa shape index (κ1) is 25.2. The van der Waals surface area contributed by atoms with Crippen LogP contribution < -0.4 is 15.8 Å². The summed E-state index contributed by atoms with van der Waals surface area (Å²) >= 11 is 6.21. The molecule has 2 aromatic carbocycles. The molecule has 194 valence electrons. The Balaban J connectivity index is 1.17. The number of para-hydroxylation sites is 1. The van der Waals surface area contributed by atoms with Crippen LogP contribution in [0.4, 0.5) is 9.18 Å². The molecule has 0 saturated carbocycles. The van der Waals surface area contributed by atoms with E-state index in [4.69, 9.17) is 22.1 Å². The molecule has 2 aromatic heterocycles. The maximum Gasteiger partial charge on any atom is 0.324 e. The first-order chi connectivity index (χ1) is 18.3. The van der Waals surface area contributed by atoms with Crippen molar-refractivity contribution in [3.8, 4) is 11.5 Å². The maximum atomic E-state index is 14.7. The molecule has 1 fully saturated rings. The highest BCUT2D eigenvalue weighted by Crippen LogP contribution is 2.27. The summed E-state index contributed by atoms with van der Waals surface area (Å²) in [7, 11) is 0. The number of nitrogens with two attached hydrogens (primary N) is 1. The molecule has 4 N–H and O–H groups in total. The number of amides is 4. The fourth-order valence-corrected chi connectivity index (χ4v) is 4.69. The molecule has 1 saturated heterocycles. The smallest absolute Gasteiger partial charge is 0.324 e. The Morgan fingerprint density at radius 1 is 1.13 bits per heavy atom. The predicted molar refractivity (Wildman–Crippen MR) is 139 cm³/mol. The number of nitrogens with zero attached hydrogens (tertiary/aromatic N) is 2. The average Bonchev–Trinajstić information content (AvgIpc) is 3.42. The van der Waals surface area contributed by atoms with Gasteiger partial charge in [0.05, 0.1) is 10.5 Å². The Morgan fingerprint density at radius 3 is 2.74 bits per heavy atom. The van der Waals surface area contributed by atoms with Crippen LogP contribution in [0.25, 0.3) is 10.9 Å². The van der Waals surface area contributed by atoms with Crippen molar-refractivity contribution < 1.29 is 23.5 Å². The Bertz CT molecular complexity index is 1560. The lowest BCUT2D eigenvalue weighted by atomic mass is 10.0. The van der Waals surface area contributed by atoms with Crippen LogP contribution in [0.5, 0.6) is 11.5 Å². The summed E-state index contributed by atoms with van der Waals surface area (Å²) in [4.78, 5) is 44.8. The number of rotatable bonds is 9. The number of carbonyl (C=O) groups is 3. The Labute approximate surface area is 221 Å². The van der Waals surface area contributed by atoms with Gasteiger partial charge in [-0.3, -0.25) is 19.5 Å². The zero-order chi connectivity index (χ0) is 26.8. The fourth-order valence-electron chi connectivity index (χ4n) is 4.46. The van der Waals surface area contributed by atoms with Crippen molar-refractivity contribution in [2.45, 2.75) is 25.3 Å². The number of hydrogen-bond acceptors (Lipinski definition) is 5. The highest BCUT2D eigenvalue weighted by Gasteiger charge is 2.37. The first-order valence-corrected chi connectivity index (χ1v) is 12.3. The summed E-state index contributed by atoms with van der Waals surface area (Å²) in [6, 6.07) is 11.7. The summed E-state index contributed by atoms with van der Waals surface area (Å²) in [6.07, 6.45) is 4.19. The number of H-pyrrole nitrogens is 1. The third-order valence-electron chi connectivity index (χ3n) is 6.35. The second-order valence-corrected chi connectivity index (χ2v) is 9.28. The minimum absolute atomic E-state index is 0.0353. The van der Waals surface area contributed by atoms with E-state index in [1.807, 2.05) is 12.1 Å². The molecule has 11 heteroatoms. The second-order valence-electron chi connectivity index (χ2n) is 8.87. The number of imide groups is 1. The molecule has 3 heterocycles. The molecule has 1 atom stereocenters. The van der Waals surface area contributed by atoms with Crippen molar-refractivity contribution in [3.05, 3.63) is 88.6 Å². The standard InChI is InChI=1S/C27H23ClFN5O4/c28-20-5-1-4-19-16(14-32-24(19)20)11-23-26(36)34(27(37)33-23)10-2-3-15-6-7-17(12-21(15)29)38-18-8-9-31-22(13-18)25(30)35/h1,4-9,12-14,23,32H,2-3,10-11H2,(H2,30,35)(H,33,37). The van der Waals surface area contributed by atoms with Gasteiger partial charge in [-0.25, -0.2) is 9.18 Å². The zero-order valence-corrected chi connectivity index (χ0v) is 20.8. The van der Waals surface area contributed by atoms with E-state index in [2.05, 4.69) is 15.3 Å². The molecule has 1 aliphatic rings. The van der Waals surface area contributed by atoms with Crippen molar-refractivity contribution in [1.82, 2.24) is 20.2 Å². The van der Waals surface area contributed by atoms with E-state index in [0.29, 0.717) is 35.6 Å². The lowest BCUT2D eigenvalue weighted by Crippen LogP contribution is -2.33. The quantitative estimate of drug-likeness (QED) is 0.274. The number of halogens is 2. The Morgan fingerprint density at radius 2 is 1.95 bits per heavy atom. The van der Waals surface area contributed by atoms with Crippen molar-refractivity contribution in [1.29, 1.82) is 0 Å². The number of nitrogens with one attached hydrogen (secondary N) is 2. The summed E-state index contributed by atoms with van der Waals surface area (Å²) in [5.74, 6) is -0.965. The van der Waals surface area contributed by atoms with Crippen LogP contribution in [-0.4, -0.2) is 45.3 Å². The van der Waals surface area contributed by atoms with E-state index in [0.717, 1.165) is 16.5 Å². The van der Waals surface area contributed by atoms with Gasteiger partial charge >= 0.3 is 6.03 Å². The highest BCUT2D eigenvalue weighted by molar-refractivity contribution is 6.35. The van der Waals surface area contributed by atoms with Gasteiger partial charge in [0.15, 0.2) is 0 Å². The molecule has 4 aromatic rings. The lowest BCUT2D eigenvalue weighted by Gasteiger charge is -2.13. The van der Waals surface area contributed by atoms with Crippen LogP contribution in [0.2, 0.25) is 5.02 Å². The predicted octanol–water partition coefficient (Wildman–Crippen LogP) is 4.34. The van der Waals surface area contributed by atoms with Gasteiger partial charge in [-0.1, -0.05) is 29.8 Å². The third-order valence-corrected chi connectivity index (χ3v) is 6.67. The number of aryl methyl sites for hydroxylation is 1. The van der Waals surface area contributed by atoms with Gasteiger partial charge in [0, 0.05) is 42.9 Å². The lowest BCUT2D eigenvalue weighted by molar-refractivity contribution is -0.127. The summed E-state index contributed by atoms with van der Waals surface area (Å²) in [5, 5.41) is 4.22. The number of ether oxygens (including phenoxy) is 1. The average molecular weight is 536 g/mol. The third kappa shape index (κ3) is 5.16. The number of urea groups is 1. The topological polar surface area (TPSA) is 130 Å². The number of aromatic nitrogens is 2. The van der Waals surface area contributed by atoms with Gasteiger partial charge in [0.2, 0.25) is 0 Å². The number of pyridine rings is 1. The molecule has 0 spiro atoms. The molecule has 0 bridgehead atoms. The normalized spacial score (nSPS) is 15.2. The molecule has 1 unspecified atom stereocenters. The monoisotopic (exact) mass is 535 g/mol. The van der Waals surface area contributed by atoms with Gasteiger partial charge in [-0.05, 0) is 42.2 Å². The Hall–Kier alpha value is -4.44. The zero-order valence-electron chi connectivity index (χ0n) is 20.0. The molecule has 9 nitrogen and oxygen atoms in total. The van der Waals surface area contributed by atoms with Crippen molar-refractivity contribution in [2.24, 2.45) is 5.73 Å². The summed E-state index contributed by atoms with van der Waals surface area (Å²) in [5.41, 5.74) is 7.34. The highest BCUT2D eigenvalue weighted by atomic mass is 35.5. The summed E-state index contributed by atoms with van der Waals surface area (Å²) in [6.45, 7) is 0.158. The van der Waals surface area contributed by atoms with Crippen molar-refractivity contribution in [2.75, 3.05) is 6.54 Å². The van der Waals surface area contributed by atoms with Gasteiger partial charge in [-0.15, -0.1) is 0 Å². The maximum absolute atomic E-state index is 14.7. The van der Waals surface area contributed by atoms with E-state index >= 15 is 0 Å². The number of fused-ring (bicyclic) bond motifs is 1. The molecule has 5 rings (SSSR count). The largest absolute Gasteiger partial charge is 0.457 e. The number of hydrogen-bond donors (Lipinski definition) is 3. The van der Waals surface area contributed by atoms with Gasteiger partial charge in [0.25, 0.3) is 11.8 Å². The van der Waals surface area contributed by atoms with Gasteiger partial charge < -0.3 is 20.8 Å². The van der Waals surface area contributed by atoms with Crippen molar-refractivity contribution in [3.63, 3.8) is 0 Å². The first-order valence-electron chi connectivity index (χ1n) is 11.9. The van der Waals surface area contributed by atoms with E-state index in [1.54, 1.807) is 24.4 Å². The van der Waals surface area contributed by atoms with Crippen molar-refractivity contribution >= 4 is 40.3 Å². The minimum atomic E-state index is -0.698. The summed E-state index contributed by atoms with van der Waals surface area (Å²) < 4.78 is 20.3. The van der Waals surface area contributed by atoms with Crippen LogP contribution in [0.15, 0.2) is 60.9 Å². The van der Waals surface area contributed by atoms with Crippen LogP contribution in [0, 0.1) is 5.82 Å². The van der Waals surface area contributed by atoms with Crippen LogP contribution >= 0.6 is 11.6 Å². The number of primary amides is 1. The fraction of sp³-hybridized carbons (Fsp3) is 0.185. The molecule has 0 radical (unpaired) electrons. The van der Waals surface area contributed by atoms with Gasteiger partial charge in [0.1, 0.15) is 29.1 Å². The van der Waals surface area contributed by atoms with E-state index in [-0.39, 0.29) is 23.9 Å². The molecular weight excluding hydrogens is 513 g/mol. The van der Waals surface area contributed by atoms with Gasteiger partial charge in [-0.2, -0.15) is 0 Å². The number of benzene rings is 2. The van der Waals surface area contributed by atoms with Crippen LogP contribution in [0.3, 0.4) is 0 Å². The number of aromatic amines is 1. The van der Waals surface area contributed by atoms with E-state index in [9.17, 15) is 18.8 Å². The molecular formula is C27H23ClFN5O4. The van der Waals surface area contributed by atoms with E-state index < -0.39 is 23.8 Å². The number of carbonyl (C=O) groups excluding carboxylic acids is 3. The SMILES string of the molecule is NC(=O)c1cc(Oc2ccc(CCCN3C(=O)NC(Cc4c[nH]c5c(Cl)cccc45)C3=O)c(F)c2)ccn1. The van der Waals surface area contributed by atoms with Crippen LogP contribution in [0.1, 0.15) is 28.0 Å². The molecule has 1 aliphatic heterocycles. The minimum Gasteiger partial charge on any atom is -0.457 e. The van der Waals surface area contributed by atoms with Crippen LogP contribution in [-0.2, 0) is 17.6 Å². The Kier molecular flexibility index (Phi) is 6.97. The molecule has 0 aliphatic carbocycles. The molecule has 38 heavy (non-hydrogen) atoms.